The van der Waals surface area contributed by atoms with Crippen LogP contribution in [0.5, 0.6) is 0 Å². The molecule has 4 heteroatoms. The summed E-state index contributed by atoms with van der Waals surface area (Å²) >= 11 is 0. The van der Waals surface area contributed by atoms with Crippen LogP contribution in [-0.2, 0) is 20.9 Å². The van der Waals surface area contributed by atoms with Crippen LogP contribution in [0.4, 0.5) is 0 Å². The Hall–Kier alpha value is -1.65. The molecule has 0 spiro atoms. The molecule has 0 aromatic heterocycles. The third-order valence-corrected chi connectivity index (χ3v) is 3.20. The van der Waals surface area contributed by atoms with E-state index in [1.807, 2.05) is 37.3 Å². The van der Waals surface area contributed by atoms with Crippen molar-refractivity contribution < 1.29 is 19.4 Å². The molecule has 2 atom stereocenters. The van der Waals surface area contributed by atoms with Gasteiger partial charge >= 0.3 is 5.97 Å². The first-order valence-electron chi connectivity index (χ1n) is 6.94. The van der Waals surface area contributed by atoms with E-state index in [2.05, 4.69) is 0 Å². The fraction of sp³-hybridized carbons (Fsp3) is 0.438. The second kappa shape index (κ2) is 7.22. The van der Waals surface area contributed by atoms with Gasteiger partial charge in [-0.05, 0) is 18.1 Å². The number of esters is 1. The van der Waals surface area contributed by atoms with Crippen LogP contribution < -0.4 is 0 Å². The van der Waals surface area contributed by atoms with Crippen molar-refractivity contribution in [2.45, 2.75) is 32.5 Å². The van der Waals surface area contributed by atoms with E-state index in [1.54, 1.807) is 6.08 Å². The molecule has 1 aliphatic rings. The Balaban J connectivity index is 1.79. The summed E-state index contributed by atoms with van der Waals surface area (Å²) in [6, 6.07) is 9.73. The molecule has 0 fully saturated rings. The van der Waals surface area contributed by atoms with E-state index in [1.165, 1.54) is 0 Å². The van der Waals surface area contributed by atoms with Gasteiger partial charge in [0.1, 0.15) is 11.9 Å². The summed E-state index contributed by atoms with van der Waals surface area (Å²) in [5.41, 5.74) is 1.04. The highest BCUT2D eigenvalue weighted by Gasteiger charge is 2.29. The van der Waals surface area contributed by atoms with Gasteiger partial charge in [0.15, 0.2) is 0 Å². The normalized spacial score (nSPS) is 19.6. The van der Waals surface area contributed by atoms with Gasteiger partial charge < -0.3 is 14.6 Å². The van der Waals surface area contributed by atoms with Crippen molar-refractivity contribution in [2.24, 2.45) is 5.92 Å². The van der Waals surface area contributed by atoms with Gasteiger partial charge in [0, 0.05) is 0 Å². The maximum Gasteiger partial charge on any atom is 0.318 e. The summed E-state index contributed by atoms with van der Waals surface area (Å²) in [5.74, 6) is -0.177. The van der Waals surface area contributed by atoms with Crippen LogP contribution in [0.3, 0.4) is 0 Å². The zero-order valence-corrected chi connectivity index (χ0v) is 11.6. The molecule has 0 aliphatic carbocycles. The van der Waals surface area contributed by atoms with Crippen LogP contribution >= 0.6 is 0 Å². The zero-order chi connectivity index (χ0) is 14.4. The first-order valence-corrected chi connectivity index (χ1v) is 6.94. The molecule has 1 aliphatic heterocycles. The Bertz CT molecular complexity index is 467. The van der Waals surface area contributed by atoms with E-state index in [9.17, 15) is 9.90 Å². The molecule has 0 amide bonds. The third kappa shape index (κ3) is 3.92. The number of carbonyl (C=O) groups excluding carboxylic acids is 1. The summed E-state index contributed by atoms with van der Waals surface area (Å²) in [6.07, 6.45) is 2.48. The molecule has 2 rings (SSSR count). The topological polar surface area (TPSA) is 55.8 Å². The number of aliphatic hydroxyl groups is 1. The average molecular weight is 276 g/mol. The minimum absolute atomic E-state index is 0.118. The molecule has 1 aromatic rings. The maximum atomic E-state index is 11.5. The van der Waals surface area contributed by atoms with Crippen LogP contribution in [-0.4, -0.2) is 23.8 Å². The predicted octanol–water partition coefficient (Wildman–Crippen LogP) is 2.42. The standard InChI is InChI=1S/C16H20O4/c1-2-6-13-9-15(20-16(13)18)14(17)11-19-10-12-7-4-3-5-8-12/h3-5,7-9,13-14,17H,2,6,10-11H2,1H3/t13?,14-/m1/s1. The van der Waals surface area contributed by atoms with E-state index in [-0.39, 0.29) is 18.5 Å². The first-order chi connectivity index (χ1) is 9.70. The number of aliphatic hydroxyl groups excluding tert-OH is 1. The van der Waals surface area contributed by atoms with Gasteiger partial charge in [-0.3, -0.25) is 4.79 Å². The Labute approximate surface area is 119 Å². The van der Waals surface area contributed by atoms with Gasteiger partial charge in [-0.25, -0.2) is 0 Å². The summed E-state index contributed by atoms with van der Waals surface area (Å²) in [4.78, 5) is 11.5. The molecule has 1 aromatic carbocycles. The summed E-state index contributed by atoms with van der Waals surface area (Å²) in [6.45, 7) is 2.56. The van der Waals surface area contributed by atoms with Crippen molar-refractivity contribution in [1.29, 1.82) is 0 Å². The largest absolute Gasteiger partial charge is 0.428 e. The highest BCUT2D eigenvalue weighted by atomic mass is 16.6. The number of hydrogen-bond acceptors (Lipinski definition) is 4. The van der Waals surface area contributed by atoms with E-state index < -0.39 is 6.10 Å². The van der Waals surface area contributed by atoms with Crippen molar-refractivity contribution >= 4 is 5.97 Å². The first kappa shape index (κ1) is 14.8. The van der Waals surface area contributed by atoms with Crippen molar-refractivity contribution in [3.05, 3.63) is 47.7 Å². The minimum Gasteiger partial charge on any atom is -0.428 e. The molecule has 20 heavy (non-hydrogen) atoms. The Kier molecular flexibility index (Phi) is 5.32. The van der Waals surface area contributed by atoms with Crippen LogP contribution in [0.25, 0.3) is 0 Å². The zero-order valence-electron chi connectivity index (χ0n) is 11.6. The smallest absolute Gasteiger partial charge is 0.318 e. The predicted molar refractivity (Wildman–Crippen MR) is 74.7 cm³/mol. The Morgan fingerprint density at radius 1 is 1.35 bits per heavy atom. The maximum absolute atomic E-state index is 11.5. The Morgan fingerprint density at radius 2 is 2.10 bits per heavy atom. The molecule has 4 nitrogen and oxygen atoms in total. The second-order valence-electron chi connectivity index (χ2n) is 4.90. The molecule has 0 saturated carbocycles. The van der Waals surface area contributed by atoms with Crippen molar-refractivity contribution in [2.75, 3.05) is 6.61 Å². The van der Waals surface area contributed by atoms with Gasteiger partial charge in [0.25, 0.3) is 0 Å². The van der Waals surface area contributed by atoms with E-state index >= 15 is 0 Å². The van der Waals surface area contributed by atoms with Gasteiger partial charge in [0.2, 0.25) is 0 Å². The van der Waals surface area contributed by atoms with Crippen LogP contribution in [0.1, 0.15) is 25.3 Å². The highest BCUT2D eigenvalue weighted by Crippen LogP contribution is 2.24. The number of cyclic esters (lactones) is 1. The minimum atomic E-state index is -0.885. The number of benzene rings is 1. The number of carbonyl (C=O) groups is 1. The molecule has 0 bridgehead atoms. The molecular weight excluding hydrogens is 256 g/mol. The van der Waals surface area contributed by atoms with Gasteiger partial charge in [-0.15, -0.1) is 0 Å². The highest BCUT2D eigenvalue weighted by molar-refractivity contribution is 5.78. The molecule has 108 valence electrons. The molecule has 1 N–H and O–H groups in total. The molecule has 0 saturated heterocycles. The van der Waals surface area contributed by atoms with Crippen molar-refractivity contribution in [1.82, 2.24) is 0 Å². The lowest BCUT2D eigenvalue weighted by Gasteiger charge is -2.11. The summed E-state index contributed by atoms with van der Waals surface area (Å²) in [5, 5.41) is 9.96. The quantitative estimate of drug-likeness (QED) is 0.777. The van der Waals surface area contributed by atoms with Crippen LogP contribution in [0, 0.1) is 5.92 Å². The van der Waals surface area contributed by atoms with Crippen molar-refractivity contribution in [3.63, 3.8) is 0 Å². The molecule has 1 unspecified atom stereocenters. The van der Waals surface area contributed by atoms with Crippen LogP contribution in [0.15, 0.2) is 42.2 Å². The van der Waals surface area contributed by atoms with E-state index in [0.29, 0.717) is 12.4 Å². The molecular formula is C16H20O4. The lowest BCUT2D eigenvalue weighted by Crippen LogP contribution is -2.19. The van der Waals surface area contributed by atoms with Crippen molar-refractivity contribution in [3.8, 4) is 0 Å². The lowest BCUT2D eigenvalue weighted by atomic mass is 10.0. The third-order valence-electron chi connectivity index (χ3n) is 3.20. The number of hydrogen-bond donors (Lipinski definition) is 1. The summed E-state index contributed by atoms with van der Waals surface area (Å²) < 4.78 is 10.5. The molecule has 0 radical (unpaired) electrons. The lowest BCUT2D eigenvalue weighted by molar-refractivity contribution is -0.142. The average Bonchev–Trinajstić information content (AvgIpc) is 2.82. The Morgan fingerprint density at radius 3 is 2.80 bits per heavy atom. The van der Waals surface area contributed by atoms with Gasteiger partial charge in [0.05, 0.1) is 19.1 Å². The van der Waals surface area contributed by atoms with Gasteiger partial charge in [-0.1, -0.05) is 43.7 Å². The number of ether oxygens (including phenoxy) is 2. The fourth-order valence-corrected chi connectivity index (χ4v) is 2.13. The number of rotatable bonds is 7. The van der Waals surface area contributed by atoms with Crippen LogP contribution in [0.2, 0.25) is 0 Å². The van der Waals surface area contributed by atoms with Gasteiger partial charge in [-0.2, -0.15) is 0 Å². The van der Waals surface area contributed by atoms with E-state index in [0.717, 1.165) is 18.4 Å². The summed E-state index contributed by atoms with van der Waals surface area (Å²) in [7, 11) is 0. The fourth-order valence-electron chi connectivity index (χ4n) is 2.13. The SMILES string of the molecule is CCCC1C=C([C@H](O)COCc2ccccc2)OC1=O. The van der Waals surface area contributed by atoms with E-state index in [4.69, 9.17) is 9.47 Å². The monoisotopic (exact) mass is 276 g/mol. The second-order valence-corrected chi connectivity index (χ2v) is 4.90. The molecule has 1 heterocycles.